The standard InChI is InChI=1S/C10H7BrN4S/c1-6-13-10(16-15-6)14-9-3-2-7(5-12)4-8(9)11/h2-4H,1H3,(H,13,14,15). The van der Waals surface area contributed by atoms with Crippen molar-refractivity contribution in [3.63, 3.8) is 0 Å². The molecule has 0 amide bonds. The lowest BCUT2D eigenvalue weighted by Crippen LogP contribution is -1.91. The summed E-state index contributed by atoms with van der Waals surface area (Å²) in [5.41, 5.74) is 1.49. The lowest BCUT2D eigenvalue weighted by Gasteiger charge is -2.04. The number of aryl methyl sites for hydroxylation is 1. The molecule has 0 saturated heterocycles. The van der Waals surface area contributed by atoms with Crippen molar-refractivity contribution in [3.05, 3.63) is 34.1 Å². The second-order valence-electron chi connectivity index (χ2n) is 3.08. The summed E-state index contributed by atoms with van der Waals surface area (Å²) in [5.74, 6) is 0.747. The van der Waals surface area contributed by atoms with E-state index in [-0.39, 0.29) is 0 Å². The number of benzene rings is 1. The topological polar surface area (TPSA) is 61.6 Å². The highest BCUT2D eigenvalue weighted by Gasteiger charge is 2.04. The number of nitriles is 1. The maximum absolute atomic E-state index is 8.73. The van der Waals surface area contributed by atoms with Gasteiger partial charge in [0.25, 0.3) is 0 Å². The third-order valence-corrected chi connectivity index (χ3v) is 3.25. The first kappa shape index (κ1) is 11.0. The van der Waals surface area contributed by atoms with Gasteiger partial charge < -0.3 is 5.32 Å². The molecule has 16 heavy (non-hydrogen) atoms. The molecule has 0 fully saturated rings. The minimum absolute atomic E-state index is 0.617. The zero-order chi connectivity index (χ0) is 11.5. The van der Waals surface area contributed by atoms with Crippen molar-refractivity contribution < 1.29 is 0 Å². The van der Waals surface area contributed by atoms with E-state index in [1.165, 1.54) is 11.5 Å². The summed E-state index contributed by atoms with van der Waals surface area (Å²) in [7, 11) is 0. The van der Waals surface area contributed by atoms with Crippen molar-refractivity contribution >= 4 is 38.3 Å². The van der Waals surface area contributed by atoms with Crippen LogP contribution >= 0.6 is 27.5 Å². The predicted octanol–water partition coefficient (Wildman–Crippen LogP) is 3.22. The molecule has 1 aromatic carbocycles. The SMILES string of the molecule is Cc1nsc(Nc2ccc(C#N)cc2Br)n1. The zero-order valence-corrected chi connectivity index (χ0v) is 10.8. The number of nitrogens with zero attached hydrogens (tertiary/aromatic N) is 3. The van der Waals surface area contributed by atoms with E-state index in [4.69, 9.17) is 5.26 Å². The van der Waals surface area contributed by atoms with Crippen LogP contribution in [-0.4, -0.2) is 9.36 Å². The quantitative estimate of drug-likeness (QED) is 0.924. The Hall–Kier alpha value is -1.45. The molecule has 80 valence electrons. The molecule has 4 nitrogen and oxygen atoms in total. The van der Waals surface area contributed by atoms with Gasteiger partial charge in [0, 0.05) is 16.0 Å². The summed E-state index contributed by atoms with van der Waals surface area (Å²) in [6.45, 7) is 1.84. The van der Waals surface area contributed by atoms with Gasteiger partial charge in [0.05, 0.1) is 17.3 Å². The highest BCUT2D eigenvalue weighted by molar-refractivity contribution is 9.10. The van der Waals surface area contributed by atoms with E-state index < -0.39 is 0 Å². The van der Waals surface area contributed by atoms with Crippen molar-refractivity contribution in [3.8, 4) is 6.07 Å². The number of anilines is 2. The number of hydrogen-bond acceptors (Lipinski definition) is 5. The molecule has 6 heteroatoms. The second-order valence-corrected chi connectivity index (χ2v) is 4.68. The molecule has 2 aromatic rings. The van der Waals surface area contributed by atoms with Crippen LogP contribution in [0.1, 0.15) is 11.4 Å². The van der Waals surface area contributed by atoms with Gasteiger partial charge >= 0.3 is 0 Å². The molecular formula is C10H7BrN4S. The summed E-state index contributed by atoms with van der Waals surface area (Å²) < 4.78 is 4.91. The summed E-state index contributed by atoms with van der Waals surface area (Å²) >= 11 is 4.70. The minimum atomic E-state index is 0.617. The fourth-order valence-electron chi connectivity index (χ4n) is 1.15. The van der Waals surface area contributed by atoms with Crippen LogP contribution in [-0.2, 0) is 0 Å². The van der Waals surface area contributed by atoms with Crippen molar-refractivity contribution in [1.82, 2.24) is 9.36 Å². The minimum Gasteiger partial charge on any atom is -0.329 e. The number of halogens is 1. The van der Waals surface area contributed by atoms with E-state index >= 15 is 0 Å². The van der Waals surface area contributed by atoms with Gasteiger partial charge in [-0.2, -0.15) is 9.64 Å². The molecule has 0 radical (unpaired) electrons. The van der Waals surface area contributed by atoms with Crippen LogP contribution in [0, 0.1) is 18.3 Å². The fraction of sp³-hybridized carbons (Fsp3) is 0.100. The maximum atomic E-state index is 8.73. The van der Waals surface area contributed by atoms with Crippen LogP contribution in [0.5, 0.6) is 0 Å². The normalized spacial score (nSPS) is 9.81. The van der Waals surface area contributed by atoms with E-state index in [0.717, 1.165) is 21.1 Å². The molecule has 0 saturated carbocycles. The number of nitrogens with one attached hydrogen (secondary N) is 1. The second kappa shape index (κ2) is 4.60. The Labute approximate surface area is 105 Å². The van der Waals surface area contributed by atoms with Crippen molar-refractivity contribution in [2.75, 3.05) is 5.32 Å². The van der Waals surface area contributed by atoms with E-state index in [1.54, 1.807) is 12.1 Å². The smallest absolute Gasteiger partial charge is 0.207 e. The van der Waals surface area contributed by atoms with Crippen molar-refractivity contribution in [2.45, 2.75) is 6.92 Å². The lowest BCUT2D eigenvalue weighted by atomic mass is 10.2. The molecule has 0 aliphatic carbocycles. The highest BCUT2D eigenvalue weighted by Crippen LogP contribution is 2.27. The monoisotopic (exact) mass is 294 g/mol. The van der Waals surface area contributed by atoms with Gasteiger partial charge in [-0.25, -0.2) is 4.98 Å². The van der Waals surface area contributed by atoms with Crippen molar-refractivity contribution in [2.24, 2.45) is 0 Å². The van der Waals surface area contributed by atoms with Gasteiger partial charge in [-0.3, -0.25) is 0 Å². The molecule has 0 bridgehead atoms. The Balaban J connectivity index is 2.26. The van der Waals surface area contributed by atoms with Crippen LogP contribution < -0.4 is 5.32 Å². The first-order valence-corrected chi connectivity index (χ1v) is 6.02. The molecule has 1 aromatic heterocycles. The molecule has 0 aliphatic rings. The first-order chi connectivity index (χ1) is 7.69. The van der Waals surface area contributed by atoms with Crippen LogP contribution in [0.3, 0.4) is 0 Å². The van der Waals surface area contributed by atoms with Gasteiger partial charge in [-0.05, 0) is 41.1 Å². The van der Waals surface area contributed by atoms with Gasteiger partial charge in [-0.15, -0.1) is 0 Å². The van der Waals surface area contributed by atoms with E-state index in [0.29, 0.717) is 5.56 Å². The van der Waals surface area contributed by atoms with E-state index in [2.05, 4.69) is 36.7 Å². The van der Waals surface area contributed by atoms with Crippen LogP contribution in [0.15, 0.2) is 22.7 Å². The number of aromatic nitrogens is 2. The average Bonchev–Trinajstić information content (AvgIpc) is 2.67. The summed E-state index contributed by atoms with van der Waals surface area (Å²) in [4.78, 5) is 4.20. The number of hydrogen-bond donors (Lipinski definition) is 1. The lowest BCUT2D eigenvalue weighted by molar-refractivity contribution is 1.17. The maximum Gasteiger partial charge on any atom is 0.207 e. The Bertz CT molecular complexity index is 558. The first-order valence-electron chi connectivity index (χ1n) is 4.46. The summed E-state index contributed by atoms with van der Waals surface area (Å²) in [5, 5.41) is 12.6. The molecule has 0 aliphatic heterocycles. The van der Waals surface area contributed by atoms with Crippen molar-refractivity contribution in [1.29, 1.82) is 5.26 Å². The Morgan fingerprint density at radius 1 is 1.50 bits per heavy atom. The van der Waals surface area contributed by atoms with Gasteiger partial charge in [0.1, 0.15) is 5.82 Å². The van der Waals surface area contributed by atoms with E-state index in [1.807, 2.05) is 13.0 Å². The third-order valence-electron chi connectivity index (χ3n) is 1.87. The molecule has 1 heterocycles. The van der Waals surface area contributed by atoms with Crippen LogP contribution in [0.2, 0.25) is 0 Å². The van der Waals surface area contributed by atoms with Gasteiger partial charge in [-0.1, -0.05) is 0 Å². The summed E-state index contributed by atoms with van der Waals surface area (Å²) in [6.07, 6.45) is 0. The summed E-state index contributed by atoms with van der Waals surface area (Å²) in [6, 6.07) is 7.42. The fourth-order valence-corrected chi connectivity index (χ4v) is 2.21. The van der Waals surface area contributed by atoms with Crippen LogP contribution in [0.25, 0.3) is 0 Å². The molecule has 2 rings (SSSR count). The molecule has 0 unspecified atom stereocenters. The molecular weight excluding hydrogens is 288 g/mol. The largest absolute Gasteiger partial charge is 0.329 e. The van der Waals surface area contributed by atoms with Gasteiger partial charge in [0.2, 0.25) is 5.13 Å². The number of rotatable bonds is 2. The Kier molecular flexibility index (Phi) is 3.17. The molecule has 0 atom stereocenters. The Morgan fingerprint density at radius 2 is 2.31 bits per heavy atom. The third kappa shape index (κ3) is 2.38. The molecule has 1 N–H and O–H groups in total. The molecule has 0 spiro atoms. The highest BCUT2D eigenvalue weighted by atomic mass is 79.9. The van der Waals surface area contributed by atoms with E-state index in [9.17, 15) is 0 Å². The zero-order valence-electron chi connectivity index (χ0n) is 8.36. The predicted molar refractivity (Wildman–Crippen MR) is 66.8 cm³/mol. The Morgan fingerprint density at radius 3 is 2.88 bits per heavy atom. The average molecular weight is 295 g/mol. The van der Waals surface area contributed by atoms with Crippen LogP contribution in [0.4, 0.5) is 10.8 Å². The van der Waals surface area contributed by atoms with Gasteiger partial charge in [0.15, 0.2) is 0 Å².